The highest BCUT2D eigenvalue weighted by molar-refractivity contribution is 9.10. The van der Waals surface area contributed by atoms with Crippen LogP contribution < -0.4 is 14.8 Å². The highest BCUT2D eigenvalue weighted by atomic mass is 79.9. The number of nitrogens with one attached hydrogen (secondary N) is 1. The van der Waals surface area contributed by atoms with Gasteiger partial charge >= 0.3 is 0 Å². The van der Waals surface area contributed by atoms with Crippen molar-refractivity contribution in [3.63, 3.8) is 0 Å². The number of hydrogen-bond acceptors (Lipinski definition) is 4. The van der Waals surface area contributed by atoms with Crippen LogP contribution in [0.5, 0.6) is 11.5 Å². The number of ether oxygens (including phenoxy) is 2. The van der Waals surface area contributed by atoms with Crippen LogP contribution in [0.3, 0.4) is 0 Å². The standard InChI is InChI=1S/C18H22BrNO3/c1-22-18-11-15(12-20-9-2-10-21)5-8-17(18)23-13-14-3-6-16(19)7-4-14/h3-8,11,20-21H,2,9-10,12-13H2,1H3. The lowest BCUT2D eigenvalue weighted by Crippen LogP contribution is -2.15. The molecule has 0 amide bonds. The third-order valence-corrected chi connectivity index (χ3v) is 3.91. The Balaban J connectivity index is 1.94. The van der Waals surface area contributed by atoms with Crippen LogP contribution in [0.4, 0.5) is 0 Å². The molecule has 0 spiro atoms. The molecule has 0 aliphatic rings. The molecule has 0 radical (unpaired) electrons. The quantitative estimate of drug-likeness (QED) is 0.654. The lowest BCUT2D eigenvalue weighted by atomic mass is 10.2. The van der Waals surface area contributed by atoms with Gasteiger partial charge in [-0.1, -0.05) is 34.1 Å². The summed E-state index contributed by atoms with van der Waals surface area (Å²) in [7, 11) is 1.64. The fourth-order valence-electron chi connectivity index (χ4n) is 2.12. The lowest BCUT2D eigenvalue weighted by Gasteiger charge is -2.13. The van der Waals surface area contributed by atoms with Gasteiger partial charge in [0.25, 0.3) is 0 Å². The maximum atomic E-state index is 8.77. The molecule has 4 nitrogen and oxygen atoms in total. The van der Waals surface area contributed by atoms with Crippen molar-refractivity contribution in [2.45, 2.75) is 19.6 Å². The minimum atomic E-state index is 0.207. The van der Waals surface area contributed by atoms with E-state index < -0.39 is 0 Å². The monoisotopic (exact) mass is 379 g/mol. The Kier molecular flexibility index (Phi) is 7.39. The summed E-state index contributed by atoms with van der Waals surface area (Å²) in [6.45, 7) is 2.24. The molecule has 0 unspecified atom stereocenters. The van der Waals surface area contributed by atoms with E-state index in [1.165, 1.54) is 0 Å². The van der Waals surface area contributed by atoms with Crippen LogP contribution >= 0.6 is 15.9 Å². The normalized spacial score (nSPS) is 10.6. The first-order chi connectivity index (χ1) is 11.2. The summed E-state index contributed by atoms with van der Waals surface area (Å²) in [5.74, 6) is 1.46. The van der Waals surface area contributed by atoms with Crippen LogP contribution in [0.25, 0.3) is 0 Å². The summed E-state index contributed by atoms with van der Waals surface area (Å²) in [6.07, 6.45) is 0.755. The van der Waals surface area contributed by atoms with Crippen LogP contribution in [0, 0.1) is 0 Å². The van der Waals surface area contributed by atoms with E-state index >= 15 is 0 Å². The van der Waals surface area contributed by atoms with Gasteiger partial charge in [0.05, 0.1) is 7.11 Å². The van der Waals surface area contributed by atoms with Crippen molar-refractivity contribution in [2.24, 2.45) is 0 Å². The van der Waals surface area contributed by atoms with E-state index in [0.717, 1.165) is 46.6 Å². The molecule has 0 aliphatic carbocycles. The molecule has 0 aliphatic heterocycles. The van der Waals surface area contributed by atoms with Gasteiger partial charge in [0.2, 0.25) is 0 Å². The molecule has 124 valence electrons. The summed E-state index contributed by atoms with van der Waals surface area (Å²) in [4.78, 5) is 0. The Hall–Kier alpha value is -1.56. The predicted molar refractivity (Wildman–Crippen MR) is 94.9 cm³/mol. The van der Waals surface area contributed by atoms with Gasteiger partial charge in [0, 0.05) is 17.6 Å². The van der Waals surface area contributed by atoms with Crippen LogP contribution in [0.15, 0.2) is 46.9 Å². The Morgan fingerprint density at radius 3 is 2.48 bits per heavy atom. The van der Waals surface area contributed by atoms with Crippen molar-refractivity contribution < 1.29 is 14.6 Å². The highest BCUT2D eigenvalue weighted by Crippen LogP contribution is 2.29. The summed E-state index contributed by atoms with van der Waals surface area (Å²) in [5, 5.41) is 12.0. The smallest absolute Gasteiger partial charge is 0.161 e. The number of aliphatic hydroxyl groups excluding tert-OH is 1. The summed E-state index contributed by atoms with van der Waals surface area (Å²) in [6, 6.07) is 14.0. The molecule has 0 atom stereocenters. The van der Waals surface area contributed by atoms with Crippen LogP contribution in [-0.2, 0) is 13.2 Å². The third-order valence-electron chi connectivity index (χ3n) is 3.38. The lowest BCUT2D eigenvalue weighted by molar-refractivity contribution is 0.283. The van der Waals surface area contributed by atoms with Crippen LogP contribution in [0.1, 0.15) is 17.5 Å². The fourth-order valence-corrected chi connectivity index (χ4v) is 2.38. The average Bonchev–Trinajstić information content (AvgIpc) is 2.58. The van der Waals surface area contributed by atoms with E-state index in [9.17, 15) is 0 Å². The maximum Gasteiger partial charge on any atom is 0.161 e. The number of aliphatic hydroxyl groups is 1. The average molecular weight is 380 g/mol. The number of rotatable bonds is 9. The number of hydrogen-bond donors (Lipinski definition) is 2. The second-order valence-electron chi connectivity index (χ2n) is 5.15. The molecule has 0 fully saturated rings. The zero-order valence-electron chi connectivity index (χ0n) is 13.2. The number of methoxy groups -OCH3 is 1. The molecule has 0 saturated carbocycles. The predicted octanol–water partition coefficient (Wildman–Crippen LogP) is 3.51. The van der Waals surface area contributed by atoms with E-state index in [4.69, 9.17) is 14.6 Å². The van der Waals surface area contributed by atoms with E-state index in [-0.39, 0.29) is 6.61 Å². The zero-order chi connectivity index (χ0) is 16.5. The van der Waals surface area contributed by atoms with Gasteiger partial charge in [0.1, 0.15) is 6.61 Å². The first kappa shape index (κ1) is 17.8. The van der Waals surface area contributed by atoms with Crippen molar-refractivity contribution >= 4 is 15.9 Å². The molecule has 0 heterocycles. The second-order valence-corrected chi connectivity index (χ2v) is 6.07. The molecule has 2 rings (SSSR count). The van der Waals surface area contributed by atoms with Crippen molar-refractivity contribution in [3.05, 3.63) is 58.1 Å². The molecule has 23 heavy (non-hydrogen) atoms. The summed E-state index contributed by atoms with van der Waals surface area (Å²) in [5.41, 5.74) is 2.22. The fraction of sp³-hybridized carbons (Fsp3) is 0.333. The molecule has 2 N–H and O–H groups in total. The van der Waals surface area contributed by atoms with E-state index in [1.807, 2.05) is 42.5 Å². The van der Waals surface area contributed by atoms with Crippen LogP contribution in [-0.4, -0.2) is 25.4 Å². The van der Waals surface area contributed by atoms with Gasteiger partial charge in [-0.2, -0.15) is 0 Å². The SMILES string of the molecule is COc1cc(CNCCCO)ccc1OCc1ccc(Br)cc1. The van der Waals surface area contributed by atoms with Gasteiger partial charge in [-0.15, -0.1) is 0 Å². The maximum absolute atomic E-state index is 8.77. The molecule has 2 aromatic rings. The molecule has 0 saturated heterocycles. The summed E-state index contributed by atoms with van der Waals surface area (Å²) >= 11 is 3.42. The van der Waals surface area contributed by atoms with E-state index in [2.05, 4.69) is 21.2 Å². The Labute approximate surface area is 145 Å². The Morgan fingerprint density at radius 1 is 1.04 bits per heavy atom. The van der Waals surface area contributed by atoms with Crippen molar-refractivity contribution in [1.29, 1.82) is 0 Å². The second kappa shape index (κ2) is 9.55. The Morgan fingerprint density at radius 2 is 1.78 bits per heavy atom. The Bertz CT molecular complexity index is 602. The molecule has 2 aromatic carbocycles. The van der Waals surface area contributed by atoms with Gasteiger partial charge in [-0.25, -0.2) is 0 Å². The zero-order valence-corrected chi connectivity index (χ0v) is 14.8. The first-order valence-electron chi connectivity index (χ1n) is 7.58. The van der Waals surface area contributed by atoms with E-state index in [0.29, 0.717) is 6.61 Å². The van der Waals surface area contributed by atoms with Crippen molar-refractivity contribution in [1.82, 2.24) is 5.32 Å². The molecule has 0 aromatic heterocycles. The van der Waals surface area contributed by atoms with Crippen LogP contribution in [0.2, 0.25) is 0 Å². The topological polar surface area (TPSA) is 50.7 Å². The van der Waals surface area contributed by atoms with Crippen molar-refractivity contribution in [3.8, 4) is 11.5 Å². The van der Waals surface area contributed by atoms with Gasteiger partial charge < -0.3 is 19.9 Å². The van der Waals surface area contributed by atoms with Gasteiger partial charge in [-0.05, 0) is 48.4 Å². The number of halogens is 1. The number of benzene rings is 2. The molecular weight excluding hydrogens is 358 g/mol. The molecule has 0 bridgehead atoms. The first-order valence-corrected chi connectivity index (χ1v) is 8.38. The molecule has 5 heteroatoms. The minimum absolute atomic E-state index is 0.207. The van der Waals surface area contributed by atoms with Gasteiger partial charge in [0.15, 0.2) is 11.5 Å². The largest absolute Gasteiger partial charge is 0.493 e. The van der Waals surface area contributed by atoms with Crippen molar-refractivity contribution in [2.75, 3.05) is 20.3 Å². The molecular formula is C18H22BrNO3. The third kappa shape index (κ3) is 5.86. The van der Waals surface area contributed by atoms with Gasteiger partial charge in [-0.3, -0.25) is 0 Å². The summed E-state index contributed by atoms with van der Waals surface area (Å²) < 4.78 is 12.3. The van der Waals surface area contributed by atoms with E-state index in [1.54, 1.807) is 7.11 Å². The minimum Gasteiger partial charge on any atom is -0.493 e. The highest BCUT2D eigenvalue weighted by Gasteiger charge is 2.06.